The fraction of sp³-hybridized carbons (Fsp3) is 0.500. The lowest BCUT2D eigenvalue weighted by Crippen LogP contribution is -2.45. The largest absolute Gasteiger partial charge is 0.341 e. The first-order valence-electron chi connectivity index (χ1n) is 7.56. The summed E-state index contributed by atoms with van der Waals surface area (Å²) in [6, 6.07) is 8.52. The zero-order chi connectivity index (χ0) is 14.8. The highest BCUT2D eigenvalue weighted by molar-refractivity contribution is 5.85. The molecule has 0 atom stereocenters. The van der Waals surface area contributed by atoms with E-state index in [1.807, 2.05) is 47.7 Å². The summed E-state index contributed by atoms with van der Waals surface area (Å²) in [6.07, 6.45) is 2.07. The number of likely N-dealkylation sites (tertiary alicyclic amines) is 1. The number of hydrogen-bond acceptors (Lipinski definition) is 3. The fourth-order valence-corrected chi connectivity index (χ4v) is 3.05. The second kappa shape index (κ2) is 8.52. The summed E-state index contributed by atoms with van der Waals surface area (Å²) in [7, 11) is 1.99. The Balaban J connectivity index is 0.00000132. The molecule has 0 bridgehead atoms. The summed E-state index contributed by atoms with van der Waals surface area (Å²) < 4.78 is 2.02. The number of carbonyl (C=O) groups is 1. The molecule has 1 fully saturated rings. The predicted molar refractivity (Wildman–Crippen MR) is 97.6 cm³/mol. The maximum atomic E-state index is 12.5. The van der Waals surface area contributed by atoms with Crippen molar-refractivity contribution >= 4 is 41.8 Å². The lowest BCUT2D eigenvalue weighted by molar-refractivity contribution is -0.132. The molecular weight excluding hydrogens is 335 g/mol. The van der Waals surface area contributed by atoms with Crippen molar-refractivity contribution in [3.63, 3.8) is 0 Å². The topological polar surface area (TPSA) is 50.2 Å². The van der Waals surface area contributed by atoms with E-state index in [2.05, 4.69) is 10.3 Å². The first kappa shape index (κ1) is 19.7. The van der Waals surface area contributed by atoms with Crippen LogP contribution in [0.1, 0.15) is 18.7 Å². The average Bonchev–Trinajstić information content (AvgIpc) is 2.83. The summed E-state index contributed by atoms with van der Waals surface area (Å²) in [4.78, 5) is 19.0. The standard InChI is InChI=1S/C16H22N4O.2ClH/c1-12-18-14-5-3-4-6-15(14)20(12)11-16(21)19-9-7-13(17-2)8-10-19;;/h3-6,13,17H,7-11H2,1-2H3;2*1H. The molecule has 1 aromatic carbocycles. The number of amides is 1. The van der Waals surface area contributed by atoms with Crippen LogP contribution < -0.4 is 5.32 Å². The van der Waals surface area contributed by atoms with Gasteiger partial charge in [0, 0.05) is 19.1 Å². The fourth-order valence-electron chi connectivity index (χ4n) is 3.05. The van der Waals surface area contributed by atoms with E-state index in [-0.39, 0.29) is 30.7 Å². The number of nitrogens with zero attached hydrogens (tertiary/aromatic N) is 3. The van der Waals surface area contributed by atoms with Gasteiger partial charge in [0.05, 0.1) is 11.0 Å². The molecule has 0 spiro atoms. The van der Waals surface area contributed by atoms with E-state index in [4.69, 9.17) is 0 Å². The van der Waals surface area contributed by atoms with Crippen molar-refractivity contribution in [1.29, 1.82) is 0 Å². The molecular formula is C16H24Cl2N4O. The van der Waals surface area contributed by atoms with Crippen molar-refractivity contribution in [3.8, 4) is 0 Å². The quantitative estimate of drug-likeness (QED) is 0.916. The van der Waals surface area contributed by atoms with Gasteiger partial charge in [0.2, 0.25) is 5.91 Å². The molecule has 1 N–H and O–H groups in total. The molecule has 1 amide bonds. The Hall–Kier alpha value is -1.30. The number of nitrogens with one attached hydrogen (secondary N) is 1. The Labute approximate surface area is 149 Å². The zero-order valence-electron chi connectivity index (χ0n) is 13.5. The molecule has 5 nitrogen and oxygen atoms in total. The van der Waals surface area contributed by atoms with Gasteiger partial charge in [0.1, 0.15) is 12.4 Å². The van der Waals surface area contributed by atoms with Gasteiger partial charge < -0.3 is 14.8 Å². The van der Waals surface area contributed by atoms with Crippen LogP contribution in [0.25, 0.3) is 11.0 Å². The van der Waals surface area contributed by atoms with E-state index >= 15 is 0 Å². The van der Waals surface area contributed by atoms with Crippen LogP contribution in [-0.2, 0) is 11.3 Å². The number of rotatable bonds is 3. The maximum Gasteiger partial charge on any atom is 0.242 e. The Morgan fingerprint density at radius 2 is 1.91 bits per heavy atom. The molecule has 0 saturated carbocycles. The highest BCUT2D eigenvalue weighted by Crippen LogP contribution is 2.17. The number of para-hydroxylation sites is 2. The van der Waals surface area contributed by atoms with Gasteiger partial charge in [-0.25, -0.2) is 4.98 Å². The first-order valence-corrected chi connectivity index (χ1v) is 7.56. The van der Waals surface area contributed by atoms with E-state index in [1.165, 1.54) is 0 Å². The van der Waals surface area contributed by atoms with Crippen LogP contribution in [0.2, 0.25) is 0 Å². The van der Waals surface area contributed by atoms with Gasteiger partial charge in [0.25, 0.3) is 0 Å². The summed E-state index contributed by atoms with van der Waals surface area (Å²) in [5.74, 6) is 1.09. The van der Waals surface area contributed by atoms with Gasteiger partial charge >= 0.3 is 0 Å². The Morgan fingerprint density at radius 3 is 2.57 bits per heavy atom. The Morgan fingerprint density at radius 1 is 1.26 bits per heavy atom. The third-order valence-corrected chi connectivity index (χ3v) is 4.39. The van der Waals surface area contributed by atoms with Gasteiger partial charge in [-0.3, -0.25) is 4.79 Å². The summed E-state index contributed by atoms with van der Waals surface area (Å²) in [6.45, 7) is 4.03. The van der Waals surface area contributed by atoms with Crippen molar-refractivity contribution < 1.29 is 4.79 Å². The first-order chi connectivity index (χ1) is 10.2. The van der Waals surface area contributed by atoms with Gasteiger partial charge in [-0.2, -0.15) is 0 Å². The number of imidazole rings is 1. The molecule has 2 aromatic rings. The van der Waals surface area contributed by atoms with Crippen LogP contribution in [0.4, 0.5) is 0 Å². The molecule has 23 heavy (non-hydrogen) atoms. The van der Waals surface area contributed by atoms with E-state index in [9.17, 15) is 4.79 Å². The molecule has 1 aromatic heterocycles. The monoisotopic (exact) mass is 358 g/mol. The van der Waals surface area contributed by atoms with Gasteiger partial charge in [-0.1, -0.05) is 12.1 Å². The van der Waals surface area contributed by atoms with Crippen LogP contribution >= 0.6 is 24.8 Å². The van der Waals surface area contributed by atoms with Crippen molar-refractivity contribution in [3.05, 3.63) is 30.1 Å². The van der Waals surface area contributed by atoms with Crippen LogP contribution in [-0.4, -0.2) is 46.5 Å². The maximum absolute atomic E-state index is 12.5. The minimum Gasteiger partial charge on any atom is -0.341 e. The minimum absolute atomic E-state index is 0. The number of halogens is 2. The van der Waals surface area contributed by atoms with Gasteiger partial charge in [-0.05, 0) is 38.9 Å². The highest BCUT2D eigenvalue weighted by atomic mass is 35.5. The highest BCUT2D eigenvalue weighted by Gasteiger charge is 2.22. The van der Waals surface area contributed by atoms with E-state index < -0.39 is 0 Å². The molecule has 0 aliphatic carbocycles. The number of piperidine rings is 1. The molecule has 0 unspecified atom stereocenters. The third kappa shape index (κ3) is 4.16. The van der Waals surface area contributed by atoms with E-state index in [0.717, 1.165) is 42.8 Å². The Bertz CT molecular complexity index is 651. The number of fused-ring (bicyclic) bond motifs is 1. The lowest BCUT2D eigenvalue weighted by atomic mass is 10.1. The van der Waals surface area contributed by atoms with Crippen LogP contribution in [0.5, 0.6) is 0 Å². The third-order valence-electron chi connectivity index (χ3n) is 4.39. The van der Waals surface area contributed by atoms with Crippen molar-refractivity contribution in [1.82, 2.24) is 19.8 Å². The summed E-state index contributed by atoms with van der Waals surface area (Å²) in [5.41, 5.74) is 1.99. The summed E-state index contributed by atoms with van der Waals surface area (Å²) >= 11 is 0. The van der Waals surface area contributed by atoms with Crippen molar-refractivity contribution in [2.24, 2.45) is 0 Å². The number of carbonyl (C=O) groups excluding carboxylic acids is 1. The van der Waals surface area contributed by atoms with Crippen LogP contribution in [0.3, 0.4) is 0 Å². The molecule has 2 heterocycles. The molecule has 3 rings (SSSR count). The second-order valence-electron chi connectivity index (χ2n) is 5.68. The summed E-state index contributed by atoms with van der Waals surface area (Å²) in [5, 5.41) is 3.29. The zero-order valence-corrected chi connectivity index (χ0v) is 15.1. The minimum atomic E-state index is 0. The van der Waals surface area contributed by atoms with E-state index in [0.29, 0.717) is 12.6 Å². The smallest absolute Gasteiger partial charge is 0.242 e. The molecule has 1 saturated heterocycles. The second-order valence-corrected chi connectivity index (χ2v) is 5.68. The predicted octanol–water partition coefficient (Wildman–Crippen LogP) is 2.40. The number of hydrogen-bond donors (Lipinski definition) is 1. The normalized spacial score (nSPS) is 15.1. The molecule has 7 heteroatoms. The van der Waals surface area contributed by atoms with Crippen LogP contribution in [0, 0.1) is 6.92 Å². The number of aromatic nitrogens is 2. The van der Waals surface area contributed by atoms with Crippen LogP contribution in [0.15, 0.2) is 24.3 Å². The molecule has 0 radical (unpaired) electrons. The van der Waals surface area contributed by atoms with E-state index in [1.54, 1.807) is 0 Å². The average molecular weight is 359 g/mol. The van der Waals surface area contributed by atoms with Crippen molar-refractivity contribution in [2.45, 2.75) is 32.4 Å². The number of aryl methyl sites for hydroxylation is 1. The lowest BCUT2D eigenvalue weighted by Gasteiger charge is -2.32. The Kier molecular flexibility index (Phi) is 7.32. The molecule has 1 aliphatic rings. The molecule has 1 aliphatic heterocycles. The SMILES string of the molecule is CNC1CCN(C(=O)Cn2c(C)nc3ccccc32)CC1.Cl.Cl. The van der Waals surface area contributed by atoms with Gasteiger partial charge in [0.15, 0.2) is 0 Å². The van der Waals surface area contributed by atoms with Gasteiger partial charge in [-0.15, -0.1) is 24.8 Å². The molecule has 128 valence electrons. The number of benzene rings is 1. The van der Waals surface area contributed by atoms with Crippen molar-refractivity contribution in [2.75, 3.05) is 20.1 Å².